The van der Waals surface area contributed by atoms with Gasteiger partial charge in [-0.2, -0.15) is 0 Å². The Morgan fingerprint density at radius 1 is 1.11 bits per heavy atom. The molecule has 1 N–H and O–H groups in total. The highest BCUT2D eigenvalue weighted by atomic mass is 35.5. The molecule has 0 fully saturated rings. The van der Waals surface area contributed by atoms with Gasteiger partial charge in [0, 0.05) is 29.4 Å². The van der Waals surface area contributed by atoms with Gasteiger partial charge in [-0.25, -0.2) is 0 Å². The number of rotatable bonds is 4. The molecule has 0 spiro atoms. The van der Waals surface area contributed by atoms with Crippen LogP contribution in [0.15, 0.2) is 60.0 Å². The maximum absolute atomic E-state index is 13.0. The number of nitrogens with zero attached hydrogens (tertiary/aromatic N) is 1. The largest absolute Gasteiger partial charge is 0.347 e. The van der Waals surface area contributed by atoms with Gasteiger partial charge in [0.05, 0.1) is 4.88 Å². The molecule has 6 heteroatoms. The van der Waals surface area contributed by atoms with E-state index in [1.54, 1.807) is 6.07 Å². The molecular weight excluding hydrogens is 392 g/mol. The Morgan fingerprint density at radius 3 is 2.68 bits per heavy atom. The van der Waals surface area contributed by atoms with Crippen LogP contribution in [0.5, 0.6) is 0 Å². The van der Waals surface area contributed by atoms with Crippen LogP contribution in [-0.4, -0.2) is 18.4 Å². The molecule has 0 saturated carbocycles. The summed E-state index contributed by atoms with van der Waals surface area (Å²) in [7, 11) is 0. The molecule has 0 unspecified atom stereocenters. The van der Waals surface area contributed by atoms with Gasteiger partial charge in [0.1, 0.15) is 0 Å². The monoisotopic (exact) mass is 410 g/mol. The van der Waals surface area contributed by atoms with Crippen molar-refractivity contribution in [3.63, 3.8) is 0 Å². The molecule has 3 aromatic rings. The van der Waals surface area contributed by atoms with Crippen LogP contribution in [-0.2, 0) is 13.0 Å². The molecule has 0 aliphatic carbocycles. The highest BCUT2D eigenvalue weighted by Gasteiger charge is 2.23. The van der Waals surface area contributed by atoms with Gasteiger partial charge >= 0.3 is 0 Å². The number of hydrogen-bond acceptors (Lipinski definition) is 3. The molecule has 4 rings (SSSR count). The number of thiophene rings is 1. The average molecular weight is 411 g/mol. The van der Waals surface area contributed by atoms with Crippen LogP contribution in [0.2, 0.25) is 5.02 Å². The lowest BCUT2D eigenvalue weighted by Gasteiger charge is -2.29. The zero-order chi connectivity index (χ0) is 19.5. The van der Waals surface area contributed by atoms with Crippen molar-refractivity contribution in [3.8, 4) is 0 Å². The second-order valence-corrected chi connectivity index (χ2v) is 8.07. The van der Waals surface area contributed by atoms with Crippen LogP contribution in [0.3, 0.4) is 0 Å². The predicted octanol–water partition coefficient (Wildman–Crippen LogP) is 4.92. The molecular formula is C22H19ClN2O2S. The van der Waals surface area contributed by atoms with E-state index in [0.717, 1.165) is 29.7 Å². The maximum atomic E-state index is 13.0. The first kappa shape index (κ1) is 18.7. The van der Waals surface area contributed by atoms with Crippen molar-refractivity contribution in [2.45, 2.75) is 19.4 Å². The number of aryl methyl sites for hydroxylation is 1. The molecule has 2 aromatic carbocycles. The van der Waals surface area contributed by atoms with Crippen molar-refractivity contribution < 1.29 is 9.59 Å². The Kier molecular flexibility index (Phi) is 5.46. The van der Waals surface area contributed by atoms with E-state index in [1.807, 2.05) is 58.8 Å². The predicted molar refractivity (Wildman–Crippen MR) is 113 cm³/mol. The second-order valence-electron chi connectivity index (χ2n) is 6.69. The molecule has 2 heterocycles. The Bertz CT molecular complexity index is 1000. The smallest absolute Gasteiger partial charge is 0.261 e. The minimum absolute atomic E-state index is 0.0163. The van der Waals surface area contributed by atoms with Gasteiger partial charge < -0.3 is 10.2 Å². The summed E-state index contributed by atoms with van der Waals surface area (Å²) in [6.45, 7) is 1.13. The minimum atomic E-state index is -0.0845. The Hall–Kier alpha value is -2.63. The molecule has 1 aliphatic heterocycles. The van der Waals surface area contributed by atoms with Crippen molar-refractivity contribution in [1.82, 2.24) is 5.32 Å². The van der Waals surface area contributed by atoms with E-state index < -0.39 is 0 Å². The van der Waals surface area contributed by atoms with Gasteiger partial charge in [-0.1, -0.05) is 29.8 Å². The standard InChI is InChI=1S/C22H19ClN2O2S/c23-18-9-10-19-17(13-18)3-1-11-25(19)22(27)16-7-5-15(6-8-16)14-24-21(26)20-4-2-12-28-20/h2,4-10,12-13H,1,3,11,14H2,(H,24,26). The van der Waals surface area contributed by atoms with Gasteiger partial charge in [-0.05, 0) is 65.7 Å². The lowest BCUT2D eigenvalue weighted by molar-refractivity contribution is 0.0952. The topological polar surface area (TPSA) is 49.4 Å². The average Bonchev–Trinajstić information content (AvgIpc) is 3.26. The summed E-state index contributed by atoms with van der Waals surface area (Å²) in [6, 6.07) is 16.7. The highest BCUT2D eigenvalue weighted by Crippen LogP contribution is 2.30. The van der Waals surface area contributed by atoms with E-state index in [9.17, 15) is 9.59 Å². The Balaban J connectivity index is 1.44. The van der Waals surface area contributed by atoms with E-state index in [2.05, 4.69) is 5.32 Å². The summed E-state index contributed by atoms with van der Waals surface area (Å²) >= 11 is 7.50. The van der Waals surface area contributed by atoms with E-state index in [0.29, 0.717) is 28.6 Å². The number of halogens is 1. The summed E-state index contributed by atoms with van der Waals surface area (Å²) in [5.41, 5.74) is 3.64. The Morgan fingerprint density at radius 2 is 1.93 bits per heavy atom. The van der Waals surface area contributed by atoms with Crippen molar-refractivity contribution in [1.29, 1.82) is 0 Å². The van der Waals surface area contributed by atoms with Crippen molar-refractivity contribution in [3.05, 3.63) is 86.6 Å². The number of nitrogens with one attached hydrogen (secondary N) is 1. The van der Waals surface area contributed by atoms with Crippen LogP contribution >= 0.6 is 22.9 Å². The number of hydrogen-bond donors (Lipinski definition) is 1. The quantitative estimate of drug-likeness (QED) is 0.663. The zero-order valence-electron chi connectivity index (χ0n) is 15.2. The van der Waals surface area contributed by atoms with E-state index in [1.165, 1.54) is 11.3 Å². The molecule has 2 amide bonds. The molecule has 1 aliphatic rings. The van der Waals surface area contributed by atoms with Crippen LogP contribution in [0, 0.1) is 0 Å². The molecule has 0 bridgehead atoms. The van der Waals surface area contributed by atoms with Gasteiger partial charge in [0.25, 0.3) is 11.8 Å². The van der Waals surface area contributed by atoms with E-state index >= 15 is 0 Å². The van der Waals surface area contributed by atoms with Crippen molar-refractivity contribution in [2.24, 2.45) is 0 Å². The molecule has 142 valence electrons. The fraction of sp³-hybridized carbons (Fsp3) is 0.182. The fourth-order valence-electron chi connectivity index (χ4n) is 3.37. The van der Waals surface area contributed by atoms with Gasteiger partial charge in [-0.15, -0.1) is 11.3 Å². The maximum Gasteiger partial charge on any atom is 0.261 e. The molecule has 0 radical (unpaired) electrons. The first-order chi connectivity index (χ1) is 13.6. The highest BCUT2D eigenvalue weighted by molar-refractivity contribution is 7.12. The lowest BCUT2D eigenvalue weighted by Crippen LogP contribution is -2.35. The number of anilines is 1. The molecule has 0 atom stereocenters. The van der Waals surface area contributed by atoms with Crippen LogP contribution < -0.4 is 10.2 Å². The number of fused-ring (bicyclic) bond motifs is 1. The zero-order valence-corrected chi connectivity index (χ0v) is 16.7. The van der Waals surface area contributed by atoms with Crippen LogP contribution in [0.25, 0.3) is 0 Å². The third-order valence-electron chi connectivity index (χ3n) is 4.80. The molecule has 28 heavy (non-hydrogen) atoms. The fourth-order valence-corrected chi connectivity index (χ4v) is 4.21. The second kappa shape index (κ2) is 8.17. The lowest BCUT2D eigenvalue weighted by atomic mass is 10.0. The van der Waals surface area contributed by atoms with Gasteiger partial charge in [-0.3, -0.25) is 9.59 Å². The third-order valence-corrected chi connectivity index (χ3v) is 5.91. The van der Waals surface area contributed by atoms with E-state index in [4.69, 9.17) is 11.6 Å². The number of amides is 2. The van der Waals surface area contributed by atoms with Crippen molar-refractivity contribution in [2.75, 3.05) is 11.4 Å². The van der Waals surface area contributed by atoms with Gasteiger partial charge in [0.15, 0.2) is 0 Å². The van der Waals surface area contributed by atoms with Crippen molar-refractivity contribution >= 4 is 40.4 Å². The number of carbonyl (C=O) groups excluding carboxylic acids is 2. The van der Waals surface area contributed by atoms with Crippen LogP contribution in [0.1, 0.15) is 37.6 Å². The normalized spacial score (nSPS) is 13.1. The number of carbonyl (C=O) groups is 2. The molecule has 4 nitrogen and oxygen atoms in total. The molecule has 1 aromatic heterocycles. The molecule has 0 saturated heterocycles. The summed E-state index contributed by atoms with van der Waals surface area (Å²) < 4.78 is 0. The number of benzene rings is 2. The Labute approximate surface area is 172 Å². The van der Waals surface area contributed by atoms with Crippen LogP contribution in [0.4, 0.5) is 5.69 Å². The van der Waals surface area contributed by atoms with E-state index in [-0.39, 0.29) is 11.8 Å². The summed E-state index contributed by atoms with van der Waals surface area (Å²) in [5.74, 6) is -0.101. The SMILES string of the molecule is O=C(NCc1ccc(C(=O)N2CCCc3cc(Cl)ccc32)cc1)c1cccs1. The summed E-state index contributed by atoms with van der Waals surface area (Å²) in [5, 5.41) is 5.47. The third kappa shape index (κ3) is 3.96. The summed E-state index contributed by atoms with van der Waals surface area (Å²) in [6.07, 6.45) is 1.86. The first-order valence-corrected chi connectivity index (χ1v) is 10.4. The van der Waals surface area contributed by atoms with Gasteiger partial charge in [0.2, 0.25) is 0 Å². The first-order valence-electron chi connectivity index (χ1n) is 9.13. The summed E-state index contributed by atoms with van der Waals surface area (Å²) in [4.78, 5) is 27.5. The minimum Gasteiger partial charge on any atom is -0.347 e.